The third-order valence-electron chi connectivity index (χ3n) is 6.00. The number of aliphatic carboxylic acids is 1. The number of carboxylic acids is 1. The van der Waals surface area contributed by atoms with Crippen LogP contribution in [0.3, 0.4) is 0 Å². The number of hydrogen-bond donors (Lipinski definition) is 2. The van der Waals surface area contributed by atoms with Crippen LogP contribution in [0.2, 0.25) is 0 Å². The van der Waals surface area contributed by atoms with E-state index in [1.165, 1.54) is 70.6 Å². The molecule has 1 rings (SSSR count). The number of amides is 1. The van der Waals surface area contributed by atoms with Crippen molar-refractivity contribution >= 4 is 11.9 Å². The van der Waals surface area contributed by atoms with Crippen LogP contribution in [0.25, 0.3) is 0 Å². The van der Waals surface area contributed by atoms with Crippen LogP contribution in [0, 0.1) is 0 Å². The lowest BCUT2D eigenvalue weighted by Crippen LogP contribution is -2.38. The number of nitrogens with one attached hydrogen (secondary N) is 1. The first-order chi connectivity index (χ1) is 16.1. The summed E-state index contributed by atoms with van der Waals surface area (Å²) >= 11 is 0. The van der Waals surface area contributed by atoms with Crippen molar-refractivity contribution in [2.24, 2.45) is 0 Å². The summed E-state index contributed by atoms with van der Waals surface area (Å²) in [5.41, 5.74) is 1.12. The van der Waals surface area contributed by atoms with Gasteiger partial charge in [0.15, 0.2) is 0 Å². The van der Waals surface area contributed by atoms with Crippen LogP contribution in [0.5, 0.6) is 0 Å². The molecule has 5 nitrogen and oxygen atoms in total. The molecule has 0 heterocycles. The van der Waals surface area contributed by atoms with Gasteiger partial charge in [-0.15, -0.1) is 0 Å². The van der Waals surface area contributed by atoms with E-state index in [1.807, 2.05) is 30.3 Å². The Labute approximate surface area is 201 Å². The van der Waals surface area contributed by atoms with E-state index in [2.05, 4.69) is 12.2 Å². The quantitative estimate of drug-likeness (QED) is 0.182. The molecule has 0 saturated heterocycles. The summed E-state index contributed by atoms with van der Waals surface area (Å²) < 4.78 is 5.87. The number of rotatable bonds is 22. The van der Waals surface area contributed by atoms with Gasteiger partial charge in [-0.25, -0.2) is 0 Å². The fraction of sp³-hybridized carbons (Fsp3) is 0.714. The monoisotopic (exact) mass is 461 g/mol. The van der Waals surface area contributed by atoms with Crippen LogP contribution in [-0.4, -0.2) is 29.6 Å². The van der Waals surface area contributed by atoms with Crippen molar-refractivity contribution in [1.29, 1.82) is 0 Å². The van der Waals surface area contributed by atoms with Gasteiger partial charge in [-0.1, -0.05) is 114 Å². The van der Waals surface area contributed by atoms with Crippen LogP contribution in [0.15, 0.2) is 30.3 Å². The highest BCUT2D eigenvalue weighted by Gasteiger charge is 2.13. The second kappa shape index (κ2) is 20.7. The van der Waals surface area contributed by atoms with Crippen LogP contribution in [0.1, 0.15) is 115 Å². The Kier molecular flexibility index (Phi) is 18.3. The second-order valence-electron chi connectivity index (χ2n) is 9.19. The number of hydrogen-bond acceptors (Lipinski definition) is 3. The molecule has 0 bridgehead atoms. The first-order valence-electron chi connectivity index (χ1n) is 13.2. The molecule has 0 spiro atoms. The molecule has 5 heteroatoms. The summed E-state index contributed by atoms with van der Waals surface area (Å²) in [7, 11) is 0. The summed E-state index contributed by atoms with van der Waals surface area (Å²) in [6, 6.07) is 10.0. The van der Waals surface area contributed by atoms with E-state index in [1.54, 1.807) is 0 Å². The molecule has 0 aliphatic carbocycles. The fourth-order valence-corrected chi connectivity index (χ4v) is 4.02. The van der Waals surface area contributed by atoms with Crippen molar-refractivity contribution in [3.05, 3.63) is 35.9 Å². The molecule has 0 radical (unpaired) electrons. The van der Waals surface area contributed by atoms with E-state index in [4.69, 9.17) is 9.84 Å². The number of carbonyl (C=O) groups excluding carboxylic acids is 1. The zero-order valence-electron chi connectivity index (χ0n) is 20.9. The number of unbranched alkanes of at least 4 members (excludes halogenated alkanes) is 11. The Morgan fingerprint density at radius 3 is 1.97 bits per heavy atom. The van der Waals surface area contributed by atoms with Crippen molar-refractivity contribution in [3.8, 4) is 0 Å². The Morgan fingerprint density at radius 2 is 1.39 bits per heavy atom. The number of benzene rings is 1. The van der Waals surface area contributed by atoms with Crippen molar-refractivity contribution in [3.63, 3.8) is 0 Å². The van der Waals surface area contributed by atoms with Crippen molar-refractivity contribution in [2.45, 2.75) is 122 Å². The molecule has 0 aromatic heterocycles. The maximum Gasteiger partial charge on any atom is 0.303 e. The summed E-state index contributed by atoms with van der Waals surface area (Å²) in [5.74, 6) is -0.939. The molecule has 0 fully saturated rings. The third kappa shape index (κ3) is 18.3. The maximum atomic E-state index is 12.2. The summed E-state index contributed by atoms with van der Waals surface area (Å²) in [5, 5.41) is 11.8. The minimum atomic E-state index is -0.859. The van der Waals surface area contributed by atoms with Gasteiger partial charge in [0.05, 0.1) is 19.3 Å². The zero-order valence-corrected chi connectivity index (χ0v) is 20.9. The van der Waals surface area contributed by atoms with E-state index < -0.39 is 5.97 Å². The van der Waals surface area contributed by atoms with Gasteiger partial charge < -0.3 is 15.2 Å². The molecular weight excluding hydrogens is 414 g/mol. The number of ether oxygens (including phenoxy) is 1. The summed E-state index contributed by atoms with van der Waals surface area (Å²) in [6.45, 7) is 3.28. The van der Waals surface area contributed by atoms with Gasteiger partial charge in [-0.3, -0.25) is 9.59 Å². The van der Waals surface area contributed by atoms with Crippen LogP contribution in [-0.2, 0) is 20.9 Å². The van der Waals surface area contributed by atoms with Gasteiger partial charge in [0, 0.05) is 12.8 Å². The summed E-state index contributed by atoms with van der Waals surface area (Å²) in [4.78, 5) is 22.9. The van der Waals surface area contributed by atoms with Gasteiger partial charge in [0.25, 0.3) is 0 Å². The smallest absolute Gasteiger partial charge is 0.303 e. The van der Waals surface area contributed by atoms with E-state index in [0.717, 1.165) is 18.4 Å². The lowest BCUT2D eigenvalue weighted by Gasteiger charge is -2.19. The largest absolute Gasteiger partial charge is 0.481 e. The molecule has 2 N–H and O–H groups in total. The van der Waals surface area contributed by atoms with Crippen LogP contribution >= 0.6 is 0 Å². The average molecular weight is 462 g/mol. The van der Waals surface area contributed by atoms with E-state index in [-0.39, 0.29) is 24.8 Å². The minimum absolute atomic E-state index is 0.0193. The zero-order chi connectivity index (χ0) is 24.0. The van der Waals surface area contributed by atoms with Crippen LogP contribution < -0.4 is 5.32 Å². The highest BCUT2D eigenvalue weighted by atomic mass is 16.5. The van der Waals surface area contributed by atoms with E-state index in [9.17, 15) is 9.59 Å². The fourth-order valence-electron chi connectivity index (χ4n) is 4.02. The lowest BCUT2D eigenvalue weighted by atomic mass is 10.0. The number of carbonyl (C=O) groups is 2. The molecule has 1 amide bonds. The summed E-state index contributed by atoms with van der Waals surface area (Å²) in [6.07, 6.45) is 17.3. The van der Waals surface area contributed by atoms with Crippen molar-refractivity contribution < 1.29 is 19.4 Å². The molecule has 0 aliphatic rings. The first-order valence-corrected chi connectivity index (χ1v) is 13.2. The molecule has 33 heavy (non-hydrogen) atoms. The standard InChI is InChI=1S/C28H47NO4/c1-2-3-4-5-6-7-8-9-10-11-12-16-20-26(29-27(30)21-17-22-28(31)32)24-33-23-25-18-14-13-15-19-25/h13-15,18-19,26H,2-12,16-17,20-24H2,1H3,(H,29,30)(H,31,32). The molecule has 0 aliphatic heterocycles. The highest BCUT2D eigenvalue weighted by Crippen LogP contribution is 2.13. The first kappa shape index (κ1) is 29.2. The Bertz CT molecular complexity index is 605. The number of carboxylic acid groups (broad SMARTS) is 1. The molecule has 0 saturated carbocycles. The van der Waals surface area contributed by atoms with Crippen LogP contribution in [0.4, 0.5) is 0 Å². The van der Waals surface area contributed by atoms with Crippen molar-refractivity contribution in [2.75, 3.05) is 6.61 Å². The Hall–Kier alpha value is -1.88. The minimum Gasteiger partial charge on any atom is -0.481 e. The predicted molar refractivity (Wildman–Crippen MR) is 135 cm³/mol. The normalized spacial score (nSPS) is 11.9. The van der Waals surface area contributed by atoms with Gasteiger partial charge >= 0.3 is 5.97 Å². The Morgan fingerprint density at radius 1 is 0.818 bits per heavy atom. The molecule has 1 atom stereocenters. The molecular formula is C28H47NO4. The van der Waals surface area contributed by atoms with E-state index in [0.29, 0.717) is 19.6 Å². The lowest BCUT2D eigenvalue weighted by molar-refractivity contribution is -0.137. The third-order valence-corrected chi connectivity index (χ3v) is 6.00. The molecule has 1 aromatic carbocycles. The predicted octanol–water partition coefficient (Wildman–Crippen LogP) is 7.03. The van der Waals surface area contributed by atoms with Gasteiger partial charge in [-0.2, -0.15) is 0 Å². The van der Waals surface area contributed by atoms with Gasteiger partial charge in [-0.05, 0) is 18.4 Å². The van der Waals surface area contributed by atoms with Gasteiger partial charge in [0.2, 0.25) is 5.91 Å². The second-order valence-corrected chi connectivity index (χ2v) is 9.19. The highest BCUT2D eigenvalue weighted by molar-refractivity contribution is 5.77. The maximum absolute atomic E-state index is 12.2. The molecule has 188 valence electrons. The Balaban J connectivity index is 2.20. The topological polar surface area (TPSA) is 75.6 Å². The average Bonchev–Trinajstić information content (AvgIpc) is 2.80. The van der Waals surface area contributed by atoms with Crippen molar-refractivity contribution in [1.82, 2.24) is 5.32 Å². The van der Waals surface area contributed by atoms with Gasteiger partial charge in [0.1, 0.15) is 0 Å². The molecule has 1 unspecified atom stereocenters. The van der Waals surface area contributed by atoms with E-state index >= 15 is 0 Å². The molecule has 1 aromatic rings. The SMILES string of the molecule is CCCCCCCCCCCCCCC(COCc1ccccc1)NC(=O)CCCC(=O)O.